The molecule has 0 saturated carbocycles. The highest BCUT2D eigenvalue weighted by Gasteiger charge is 2.17. The Kier molecular flexibility index (Phi) is 8.05. The predicted molar refractivity (Wildman–Crippen MR) is 132 cm³/mol. The number of aliphatic hydroxyl groups excluding tert-OH is 1. The SMILES string of the molecule is COc1cc(OC)c(NC(=O)N(S)c2ccc(NC(=O)c3ccccc3CO)cc2)cc1Cl. The summed E-state index contributed by atoms with van der Waals surface area (Å²) >= 11 is 10.4. The average molecular weight is 488 g/mol. The van der Waals surface area contributed by atoms with Gasteiger partial charge in [0.25, 0.3) is 5.91 Å². The lowest BCUT2D eigenvalue weighted by molar-refractivity contribution is 0.102. The van der Waals surface area contributed by atoms with Crippen LogP contribution in [0, 0.1) is 0 Å². The summed E-state index contributed by atoms with van der Waals surface area (Å²) in [4.78, 5) is 25.2. The van der Waals surface area contributed by atoms with Crippen molar-refractivity contribution >= 4 is 53.4 Å². The molecule has 0 heterocycles. The zero-order valence-electron chi connectivity index (χ0n) is 17.8. The van der Waals surface area contributed by atoms with Gasteiger partial charge in [-0.3, -0.25) is 4.79 Å². The molecule has 0 radical (unpaired) electrons. The summed E-state index contributed by atoms with van der Waals surface area (Å²) < 4.78 is 11.5. The molecule has 0 saturated heterocycles. The lowest BCUT2D eigenvalue weighted by Gasteiger charge is -2.19. The van der Waals surface area contributed by atoms with Gasteiger partial charge >= 0.3 is 6.03 Å². The van der Waals surface area contributed by atoms with Crippen molar-refractivity contribution in [3.05, 3.63) is 76.8 Å². The van der Waals surface area contributed by atoms with Crippen LogP contribution in [-0.4, -0.2) is 31.3 Å². The molecular formula is C23H22ClN3O5S. The first-order valence-electron chi connectivity index (χ1n) is 9.69. The Morgan fingerprint density at radius 3 is 2.30 bits per heavy atom. The van der Waals surface area contributed by atoms with Crippen molar-refractivity contribution in [2.75, 3.05) is 29.2 Å². The van der Waals surface area contributed by atoms with Crippen molar-refractivity contribution in [1.82, 2.24) is 0 Å². The minimum Gasteiger partial charge on any atom is -0.495 e. The summed E-state index contributed by atoms with van der Waals surface area (Å²) in [5, 5.41) is 15.2. The Labute approximate surface area is 201 Å². The largest absolute Gasteiger partial charge is 0.495 e. The summed E-state index contributed by atoms with van der Waals surface area (Å²) in [7, 11) is 2.94. The summed E-state index contributed by atoms with van der Waals surface area (Å²) in [5.41, 5.74) is 2.23. The van der Waals surface area contributed by atoms with Gasteiger partial charge in [0.1, 0.15) is 11.5 Å². The zero-order valence-corrected chi connectivity index (χ0v) is 19.5. The van der Waals surface area contributed by atoms with Gasteiger partial charge in [0, 0.05) is 17.3 Å². The monoisotopic (exact) mass is 487 g/mol. The van der Waals surface area contributed by atoms with Crippen molar-refractivity contribution in [2.24, 2.45) is 0 Å². The second-order valence-corrected chi connectivity index (χ2v) is 7.55. The lowest BCUT2D eigenvalue weighted by atomic mass is 10.1. The number of ether oxygens (including phenoxy) is 2. The Bertz CT molecular complexity index is 1160. The molecule has 8 nitrogen and oxygen atoms in total. The Morgan fingerprint density at radius 2 is 1.67 bits per heavy atom. The minimum absolute atomic E-state index is 0.240. The number of rotatable bonds is 7. The van der Waals surface area contributed by atoms with Crippen LogP contribution in [0.15, 0.2) is 60.7 Å². The van der Waals surface area contributed by atoms with Gasteiger partial charge in [-0.25, -0.2) is 9.10 Å². The Hall–Kier alpha value is -3.40. The van der Waals surface area contributed by atoms with Crippen molar-refractivity contribution < 1.29 is 24.2 Å². The van der Waals surface area contributed by atoms with Crippen LogP contribution >= 0.6 is 24.4 Å². The molecule has 3 aromatic rings. The highest BCUT2D eigenvalue weighted by molar-refractivity contribution is 7.82. The first-order valence-corrected chi connectivity index (χ1v) is 10.5. The van der Waals surface area contributed by atoms with E-state index in [4.69, 9.17) is 21.1 Å². The van der Waals surface area contributed by atoms with E-state index in [-0.39, 0.29) is 12.5 Å². The number of hydrogen-bond donors (Lipinski definition) is 4. The standard InChI is InChI=1S/C23H22ClN3O5S/c1-31-20-12-21(32-2)19(11-18(20)24)26-23(30)27(33)16-9-7-15(8-10-16)25-22(29)17-6-4-3-5-14(17)13-28/h3-12,28,33H,13H2,1-2H3,(H,25,29)(H,26,30). The summed E-state index contributed by atoms with van der Waals surface area (Å²) in [5.74, 6) is 0.428. The number of methoxy groups -OCH3 is 2. The third-order valence-electron chi connectivity index (χ3n) is 4.71. The number of halogens is 1. The molecule has 3 amide bonds. The molecule has 3 aromatic carbocycles. The molecule has 0 aliphatic rings. The Morgan fingerprint density at radius 1 is 1.00 bits per heavy atom. The van der Waals surface area contributed by atoms with E-state index < -0.39 is 6.03 Å². The van der Waals surface area contributed by atoms with Gasteiger partial charge in [0.15, 0.2) is 0 Å². The third-order valence-corrected chi connectivity index (χ3v) is 5.42. The number of carbonyl (C=O) groups excluding carboxylic acids is 2. The van der Waals surface area contributed by atoms with Crippen molar-refractivity contribution in [3.63, 3.8) is 0 Å². The molecule has 3 N–H and O–H groups in total. The molecule has 33 heavy (non-hydrogen) atoms. The van der Waals surface area contributed by atoms with Crippen LogP contribution in [0.25, 0.3) is 0 Å². The molecule has 0 aliphatic carbocycles. The number of amides is 3. The van der Waals surface area contributed by atoms with E-state index in [1.807, 2.05) is 0 Å². The van der Waals surface area contributed by atoms with Crippen molar-refractivity contribution in [3.8, 4) is 11.5 Å². The first kappa shape index (κ1) is 24.2. The number of nitrogens with one attached hydrogen (secondary N) is 2. The predicted octanol–water partition coefficient (Wildman–Crippen LogP) is 4.99. The normalized spacial score (nSPS) is 10.3. The van der Waals surface area contributed by atoms with Gasteiger partial charge < -0.3 is 25.2 Å². The molecule has 10 heteroatoms. The molecule has 0 aliphatic heterocycles. The minimum atomic E-state index is -0.550. The molecule has 0 atom stereocenters. The van der Waals surface area contributed by atoms with Crippen LogP contribution < -0.4 is 24.4 Å². The van der Waals surface area contributed by atoms with Crippen LogP contribution in [0.5, 0.6) is 11.5 Å². The van der Waals surface area contributed by atoms with E-state index in [0.717, 1.165) is 4.31 Å². The van der Waals surface area contributed by atoms with Crippen LogP contribution in [0.4, 0.5) is 21.9 Å². The fourth-order valence-electron chi connectivity index (χ4n) is 3.01. The molecule has 3 rings (SSSR count). The first-order chi connectivity index (χ1) is 15.9. The van der Waals surface area contributed by atoms with E-state index in [9.17, 15) is 14.7 Å². The topological polar surface area (TPSA) is 100 Å². The van der Waals surface area contributed by atoms with Crippen LogP contribution in [0.2, 0.25) is 5.02 Å². The second-order valence-electron chi connectivity index (χ2n) is 6.75. The highest BCUT2D eigenvalue weighted by Crippen LogP contribution is 2.36. The van der Waals surface area contributed by atoms with Crippen molar-refractivity contribution in [2.45, 2.75) is 6.61 Å². The van der Waals surface area contributed by atoms with Gasteiger partial charge in [-0.1, -0.05) is 42.6 Å². The summed E-state index contributed by atoms with van der Waals surface area (Å²) in [6.07, 6.45) is 0. The van der Waals surface area contributed by atoms with Gasteiger partial charge in [-0.15, -0.1) is 0 Å². The van der Waals surface area contributed by atoms with Crippen LogP contribution in [-0.2, 0) is 6.61 Å². The molecule has 0 bridgehead atoms. The molecular weight excluding hydrogens is 466 g/mol. The van der Waals surface area contributed by atoms with E-state index in [1.165, 1.54) is 20.3 Å². The van der Waals surface area contributed by atoms with Gasteiger partial charge in [0.2, 0.25) is 0 Å². The maximum Gasteiger partial charge on any atom is 0.336 e. The smallest absolute Gasteiger partial charge is 0.336 e. The number of benzene rings is 3. The zero-order chi connectivity index (χ0) is 24.0. The number of urea groups is 1. The summed E-state index contributed by atoms with van der Waals surface area (Å²) in [6.45, 7) is -0.240. The fourth-order valence-corrected chi connectivity index (χ4v) is 3.43. The van der Waals surface area contributed by atoms with Gasteiger partial charge in [-0.2, -0.15) is 0 Å². The number of anilines is 3. The van der Waals surface area contributed by atoms with E-state index in [2.05, 4.69) is 23.4 Å². The Balaban J connectivity index is 1.70. The quantitative estimate of drug-likeness (QED) is 0.352. The van der Waals surface area contributed by atoms with Crippen LogP contribution in [0.1, 0.15) is 15.9 Å². The lowest BCUT2D eigenvalue weighted by Crippen LogP contribution is -2.27. The second kappa shape index (κ2) is 11.0. The molecule has 172 valence electrons. The molecule has 0 unspecified atom stereocenters. The van der Waals surface area contributed by atoms with Crippen LogP contribution in [0.3, 0.4) is 0 Å². The number of nitrogens with zero attached hydrogens (tertiary/aromatic N) is 1. The summed E-state index contributed by atoms with van der Waals surface area (Å²) in [6, 6.07) is 15.8. The molecule has 0 aromatic heterocycles. The fraction of sp³-hybridized carbons (Fsp3) is 0.130. The highest BCUT2D eigenvalue weighted by atomic mass is 35.5. The molecule has 0 fully saturated rings. The van der Waals surface area contributed by atoms with E-state index >= 15 is 0 Å². The third kappa shape index (κ3) is 5.70. The maximum atomic E-state index is 12.7. The number of carbonyl (C=O) groups is 2. The average Bonchev–Trinajstić information content (AvgIpc) is 2.84. The van der Waals surface area contributed by atoms with Crippen molar-refractivity contribution in [1.29, 1.82) is 0 Å². The number of thiol groups is 1. The van der Waals surface area contributed by atoms with Gasteiger partial charge in [0.05, 0.1) is 37.2 Å². The number of aliphatic hydroxyl groups is 1. The maximum absolute atomic E-state index is 12.7. The van der Waals surface area contributed by atoms with Gasteiger partial charge in [-0.05, 0) is 42.0 Å². The number of hydrogen-bond acceptors (Lipinski definition) is 6. The van der Waals surface area contributed by atoms with E-state index in [1.54, 1.807) is 54.6 Å². The molecule has 0 spiro atoms. The van der Waals surface area contributed by atoms with E-state index in [0.29, 0.717) is 44.7 Å².